The number of ether oxygens (including phenoxy) is 1. The van der Waals surface area contributed by atoms with Gasteiger partial charge in [-0.25, -0.2) is 0 Å². The molecule has 0 radical (unpaired) electrons. The normalized spacial score (nSPS) is 11.9. The number of hydrogen-bond acceptors (Lipinski definition) is 2. The zero-order valence-electron chi connectivity index (χ0n) is 11.0. The number of hydrogen-bond donors (Lipinski definition) is 1. The van der Waals surface area contributed by atoms with E-state index in [-0.39, 0.29) is 11.5 Å². The van der Waals surface area contributed by atoms with Gasteiger partial charge in [-0.2, -0.15) is 0 Å². The summed E-state index contributed by atoms with van der Waals surface area (Å²) in [4.78, 5) is 0. The monoisotopic (exact) mass is 221 g/mol. The van der Waals surface area contributed by atoms with Crippen LogP contribution in [0.5, 0.6) is 5.75 Å². The number of nitrogens with two attached hydrogens (primary N) is 1. The van der Waals surface area contributed by atoms with Gasteiger partial charge in [0.25, 0.3) is 0 Å². The second kappa shape index (κ2) is 4.88. The first-order valence-corrected chi connectivity index (χ1v) is 5.84. The first-order chi connectivity index (χ1) is 7.36. The summed E-state index contributed by atoms with van der Waals surface area (Å²) in [6.07, 6.45) is 0.215. The van der Waals surface area contributed by atoms with Crippen LogP contribution in [0, 0.1) is 6.92 Å². The Morgan fingerprint density at radius 1 is 1.31 bits per heavy atom. The van der Waals surface area contributed by atoms with Crippen LogP contribution >= 0.6 is 0 Å². The molecule has 0 saturated carbocycles. The molecule has 2 nitrogen and oxygen atoms in total. The molecule has 0 bridgehead atoms. The fourth-order valence-electron chi connectivity index (χ4n) is 1.57. The number of aryl methyl sites for hydroxylation is 1. The third-order valence-corrected chi connectivity index (χ3v) is 2.83. The molecule has 0 spiro atoms. The smallest absolute Gasteiger partial charge is 0.122 e. The molecule has 0 saturated heterocycles. The van der Waals surface area contributed by atoms with Crippen LogP contribution in [0.1, 0.15) is 38.8 Å². The molecule has 0 aromatic heterocycles. The predicted octanol–water partition coefficient (Wildman–Crippen LogP) is 3.02. The van der Waals surface area contributed by atoms with Gasteiger partial charge in [0.15, 0.2) is 0 Å². The molecule has 1 aromatic rings. The van der Waals surface area contributed by atoms with Crippen LogP contribution in [0.3, 0.4) is 0 Å². The average Bonchev–Trinajstić information content (AvgIpc) is 2.20. The second-order valence-corrected chi connectivity index (χ2v) is 5.23. The molecule has 0 aliphatic carbocycles. The molecular formula is C14H23NO. The SMILES string of the molecule is Cc1cc(C(C)(C)CN)ccc1OC(C)C. The summed E-state index contributed by atoms with van der Waals surface area (Å²) < 4.78 is 5.72. The first-order valence-electron chi connectivity index (χ1n) is 5.84. The Hall–Kier alpha value is -1.02. The summed E-state index contributed by atoms with van der Waals surface area (Å²) in [5.74, 6) is 0.964. The molecule has 2 N–H and O–H groups in total. The van der Waals surface area contributed by atoms with Gasteiger partial charge in [0.05, 0.1) is 6.10 Å². The van der Waals surface area contributed by atoms with Crippen molar-refractivity contribution in [1.29, 1.82) is 0 Å². The van der Waals surface area contributed by atoms with Gasteiger partial charge >= 0.3 is 0 Å². The average molecular weight is 221 g/mol. The van der Waals surface area contributed by atoms with E-state index in [9.17, 15) is 0 Å². The molecule has 1 rings (SSSR count). The zero-order valence-corrected chi connectivity index (χ0v) is 11.0. The molecule has 16 heavy (non-hydrogen) atoms. The minimum Gasteiger partial charge on any atom is -0.491 e. The molecular weight excluding hydrogens is 198 g/mol. The molecule has 0 unspecified atom stereocenters. The lowest BCUT2D eigenvalue weighted by atomic mass is 9.84. The van der Waals surface area contributed by atoms with E-state index in [1.165, 1.54) is 11.1 Å². The van der Waals surface area contributed by atoms with Crippen LogP contribution in [0.2, 0.25) is 0 Å². The molecule has 0 amide bonds. The van der Waals surface area contributed by atoms with Gasteiger partial charge in [-0.1, -0.05) is 26.0 Å². The van der Waals surface area contributed by atoms with E-state index in [0.717, 1.165) is 5.75 Å². The van der Waals surface area contributed by atoms with Crippen LogP contribution in [0.4, 0.5) is 0 Å². The maximum absolute atomic E-state index is 5.78. The summed E-state index contributed by atoms with van der Waals surface area (Å²) in [5, 5.41) is 0. The van der Waals surface area contributed by atoms with Gasteiger partial charge in [0.1, 0.15) is 5.75 Å². The summed E-state index contributed by atoms with van der Waals surface area (Å²) in [6.45, 7) is 11.1. The summed E-state index contributed by atoms with van der Waals surface area (Å²) >= 11 is 0. The Kier molecular flexibility index (Phi) is 3.98. The van der Waals surface area contributed by atoms with Crippen LogP contribution in [-0.2, 0) is 5.41 Å². The molecule has 0 aliphatic heterocycles. The number of rotatable bonds is 4. The third-order valence-electron chi connectivity index (χ3n) is 2.83. The van der Waals surface area contributed by atoms with Crippen molar-refractivity contribution >= 4 is 0 Å². The van der Waals surface area contributed by atoms with Gasteiger partial charge < -0.3 is 10.5 Å². The maximum Gasteiger partial charge on any atom is 0.122 e. The second-order valence-electron chi connectivity index (χ2n) is 5.23. The van der Waals surface area contributed by atoms with Gasteiger partial charge in [0.2, 0.25) is 0 Å². The summed E-state index contributed by atoms with van der Waals surface area (Å²) in [6, 6.07) is 6.32. The Labute approximate surface area is 98.8 Å². The lowest BCUT2D eigenvalue weighted by Crippen LogP contribution is -2.28. The van der Waals surface area contributed by atoms with Gasteiger partial charge in [-0.05, 0) is 38.0 Å². The highest BCUT2D eigenvalue weighted by Gasteiger charge is 2.19. The van der Waals surface area contributed by atoms with Gasteiger partial charge in [0, 0.05) is 12.0 Å². The topological polar surface area (TPSA) is 35.2 Å². The summed E-state index contributed by atoms with van der Waals surface area (Å²) in [7, 11) is 0. The lowest BCUT2D eigenvalue weighted by molar-refractivity contribution is 0.240. The molecule has 0 atom stereocenters. The Bertz CT molecular complexity index is 356. The van der Waals surface area contributed by atoms with E-state index in [1.54, 1.807) is 0 Å². The maximum atomic E-state index is 5.78. The van der Waals surface area contributed by atoms with E-state index in [1.807, 2.05) is 19.9 Å². The van der Waals surface area contributed by atoms with E-state index >= 15 is 0 Å². The van der Waals surface area contributed by atoms with Crippen molar-refractivity contribution in [3.05, 3.63) is 29.3 Å². The van der Waals surface area contributed by atoms with Crippen molar-refractivity contribution in [2.75, 3.05) is 6.54 Å². The Balaban J connectivity index is 2.99. The van der Waals surface area contributed by atoms with Gasteiger partial charge in [-0.3, -0.25) is 0 Å². The van der Waals surface area contributed by atoms with Crippen molar-refractivity contribution in [3.8, 4) is 5.75 Å². The fraction of sp³-hybridized carbons (Fsp3) is 0.571. The first kappa shape index (κ1) is 13.0. The minimum atomic E-state index is 0.0289. The lowest BCUT2D eigenvalue weighted by Gasteiger charge is -2.24. The molecule has 1 aromatic carbocycles. The Morgan fingerprint density at radius 2 is 1.94 bits per heavy atom. The van der Waals surface area contributed by atoms with Crippen molar-refractivity contribution in [2.45, 2.75) is 46.1 Å². The fourth-order valence-corrected chi connectivity index (χ4v) is 1.57. The largest absolute Gasteiger partial charge is 0.491 e. The van der Waals surface area contributed by atoms with Crippen molar-refractivity contribution in [3.63, 3.8) is 0 Å². The molecule has 0 fully saturated rings. The van der Waals surface area contributed by atoms with Crippen LogP contribution in [0.25, 0.3) is 0 Å². The van der Waals surface area contributed by atoms with Crippen LogP contribution in [0.15, 0.2) is 18.2 Å². The van der Waals surface area contributed by atoms with E-state index in [4.69, 9.17) is 10.5 Å². The van der Waals surface area contributed by atoms with E-state index < -0.39 is 0 Å². The minimum absolute atomic E-state index is 0.0289. The zero-order chi connectivity index (χ0) is 12.3. The highest BCUT2D eigenvalue weighted by atomic mass is 16.5. The van der Waals surface area contributed by atoms with Crippen LogP contribution in [-0.4, -0.2) is 12.6 Å². The standard InChI is InChI=1S/C14H23NO/c1-10(2)16-13-7-6-12(8-11(13)3)14(4,5)9-15/h6-8,10H,9,15H2,1-5H3. The van der Waals surface area contributed by atoms with E-state index in [0.29, 0.717) is 6.54 Å². The Morgan fingerprint density at radius 3 is 2.38 bits per heavy atom. The van der Waals surface area contributed by atoms with Gasteiger partial charge in [-0.15, -0.1) is 0 Å². The predicted molar refractivity (Wildman–Crippen MR) is 69.0 cm³/mol. The van der Waals surface area contributed by atoms with E-state index in [2.05, 4.69) is 32.9 Å². The highest BCUT2D eigenvalue weighted by Crippen LogP contribution is 2.27. The molecule has 90 valence electrons. The van der Waals surface area contributed by atoms with Crippen molar-refractivity contribution in [2.24, 2.45) is 5.73 Å². The van der Waals surface area contributed by atoms with Crippen LogP contribution < -0.4 is 10.5 Å². The summed E-state index contributed by atoms with van der Waals surface area (Å²) in [5.41, 5.74) is 8.25. The highest BCUT2D eigenvalue weighted by molar-refractivity contribution is 5.39. The van der Waals surface area contributed by atoms with Crippen molar-refractivity contribution < 1.29 is 4.74 Å². The number of benzene rings is 1. The third kappa shape index (κ3) is 2.99. The van der Waals surface area contributed by atoms with Crippen molar-refractivity contribution in [1.82, 2.24) is 0 Å². The molecule has 0 aliphatic rings. The molecule has 0 heterocycles. The quantitative estimate of drug-likeness (QED) is 0.848. The molecule has 2 heteroatoms.